The summed E-state index contributed by atoms with van der Waals surface area (Å²) in [6.07, 6.45) is 0.779. The fraction of sp³-hybridized carbons (Fsp3) is 0.500. The van der Waals surface area contributed by atoms with Crippen LogP contribution in [0.15, 0.2) is 29.2 Å². The maximum absolute atomic E-state index is 12.0. The van der Waals surface area contributed by atoms with Crippen molar-refractivity contribution in [3.63, 3.8) is 0 Å². The average molecular weight is 256 g/mol. The minimum absolute atomic E-state index is 0.121. The number of rotatable bonds is 5. The third-order valence-electron chi connectivity index (χ3n) is 2.43. The van der Waals surface area contributed by atoms with Gasteiger partial charge >= 0.3 is 0 Å². The zero-order valence-electron chi connectivity index (χ0n) is 10.5. The number of hydrogen-bond donors (Lipinski definition) is 2. The topological polar surface area (TPSA) is 72.2 Å². The van der Waals surface area contributed by atoms with Gasteiger partial charge in [0.15, 0.2) is 0 Å². The summed E-state index contributed by atoms with van der Waals surface area (Å²) >= 11 is 0. The van der Waals surface area contributed by atoms with Crippen LogP contribution in [-0.2, 0) is 10.0 Å². The summed E-state index contributed by atoms with van der Waals surface area (Å²) in [5.74, 6) is 0. The normalized spacial score (nSPS) is 13.9. The van der Waals surface area contributed by atoms with E-state index in [-0.39, 0.29) is 17.0 Å². The van der Waals surface area contributed by atoms with Gasteiger partial charge in [0.25, 0.3) is 0 Å². The quantitative estimate of drug-likeness (QED) is 0.843. The van der Waals surface area contributed by atoms with Gasteiger partial charge in [-0.25, -0.2) is 13.1 Å². The zero-order valence-corrected chi connectivity index (χ0v) is 11.3. The van der Waals surface area contributed by atoms with E-state index in [4.69, 9.17) is 5.73 Å². The molecule has 4 nitrogen and oxygen atoms in total. The zero-order chi connectivity index (χ0) is 13.1. The fourth-order valence-corrected chi connectivity index (χ4v) is 2.83. The molecule has 0 saturated carbocycles. The molecular weight excluding hydrogens is 236 g/mol. The van der Waals surface area contributed by atoms with E-state index in [9.17, 15) is 8.42 Å². The monoisotopic (exact) mass is 256 g/mol. The lowest BCUT2D eigenvalue weighted by molar-refractivity contribution is 0.569. The van der Waals surface area contributed by atoms with Crippen LogP contribution in [0.1, 0.15) is 38.8 Å². The fourth-order valence-electron chi connectivity index (χ4n) is 1.53. The minimum Gasteiger partial charge on any atom is -0.324 e. The lowest BCUT2D eigenvalue weighted by atomic mass is 10.1. The molecule has 5 heteroatoms. The second-order valence-corrected chi connectivity index (χ2v) is 6.08. The Balaban J connectivity index is 3.07. The predicted molar refractivity (Wildman–Crippen MR) is 69.1 cm³/mol. The van der Waals surface area contributed by atoms with Crippen LogP contribution in [-0.4, -0.2) is 14.5 Å². The van der Waals surface area contributed by atoms with Crippen molar-refractivity contribution in [1.82, 2.24) is 4.72 Å². The molecule has 0 aliphatic heterocycles. The van der Waals surface area contributed by atoms with Crippen LogP contribution in [0, 0.1) is 0 Å². The molecule has 0 heterocycles. The van der Waals surface area contributed by atoms with Crippen molar-refractivity contribution in [2.24, 2.45) is 5.73 Å². The van der Waals surface area contributed by atoms with Crippen molar-refractivity contribution >= 4 is 10.0 Å². The van der Waals surface area contributed by atoms with E-state index in [1.807, 2.05) is 13.0 Å². The first-order valence-electron chi connectivity index (χ1n) is 5.74. The van der Waals surface area contributed by atoms with Gasteiger partial charge in [-0.3, -0.25) is 0 Å². The van der Waals surface area contributed by atoms with Crippen LogP contribution in [0.5, 0.6) is 0 Å². The van der Waals surface area contributed by atoms with Crippen LogP contribution in [0.4, 0.5) is 0 Å². The second-order valence-electron chi connectivity index (χ2n) is 4.36. The summed E-state index contributed by atoms with van der Waals surface area (Å²) in [5, 5.41) is 0. The Labute approximate surface area is 103 Å². The van der Waals surface area contributed by atoms with Crippen molar-refractivity contribution in [3.8, 4) is 0 Å². The van der Waals surface area contributed by atoms with Crippen LogP contribution in [0.2, 0.25) is 0 Å². The maximum Gasteiger partial charge on any atom is 0.240 e. The molecule has 0 bridgehead atoms. The molecule has 1 rings (SSSR count). The van der Waals surface area contributed by atoms with Crippen molar-refractivity contribution in [1.29, 1.82) is 0 Å². The molecule has 3 N–H and O–H groups in total. The predicted octanol–water partition coefficient (Wildman–Crippen LogP) is 1.78. The van der Waals surface area contributed by atoms with Crippen molar-refractivity contribution in [2.45, 2.75) is 44.2 Å². The largest absolute Gasteiger partial charge is 0.324 e. The van der Waals surface area contributed by atoms with E-state index in [0.29, 0.717) is 0 Å². The molecule has 1 aromatic carbocycles. The van der Waals surface area contributed by atoms with E-state index >= 15 is 0 Å². The Morgan fingerprint density at radius 2 is 2.00 bits per heavy atom. The molecule has 1 aromatic rings. The van der Waals surface area contributed by atoms with Gasteiger partial charge < -0.3 is 5.73 Å². The molecule has 1 unspecified atom stereocenters. The molecule has 0 amide bonds. The Morgan fingerprint density at radius 1 is 1.35 bits per heavy atom. The highest BCUT2D eigenvalue weighted by atomic mass is 32.2. The van der Waals surface area contributed by atoms with E-state index in [2.05, 4.69) is 4.72 Å². The summed E-state index contributed by atoms with van der Waals surface area (Å²) in [7, 11) is -3.43. The van der Waals surface area contributed by atoms with Crippen molar-refractivity contribution < 1.29 is 8.42 Å². The first-order chi connectivity index (χ1) is 7.86. The second kappa shape index (κ2) is 5.62. The van der Waals surface area contributed by atoms with E-state index < -0.39 is 10.0 Å². The van der Waals surface area contributed by atoms with Crippen LogP contribution in [0.3, 0.4) is 0 Å². The first-order valence-corrected chi connectivity index (χ1v) is 7.23. The Morgan fingerprint density at radius 3 is 2.53 bits per heavy atom. The van der Waals surface area contributed by atoms with Crippen molar-refractivity contribution in [2.75, 3.05) is 0 Å². The third kappa shape index (κ3) is 3.80. The van der Waals surface area contributed by atoms with Gasteiger partial charge in [0.1, 0.15) is 0 Å². The van der Waals surface area contributed by atoms with Gasteiger partial charge in [0.2, 0.25) is 10.0 Å². The lowest BCUT2D eigenvalue weighted by Gasteiger charge is -2.13. The van der Waals surface area contributed by atoms with Gasteiger partial charge in [0.05, 0.1) is 4.90 Å². The Hall–Kier alpha value is -0.910. The molecule has 0 saturated heterocycles. The average Bonchev–Trinajstić information content (AvgIpc) is 2.26. The molecule has 0 aromatic heterocycles. The minimum atomic E-state index is -3.43. The highest BCUT2D eigenvalue weighted by Gasteiger charge is 2.16. The van der Waals surface area contributed by atoms with Crippen LogP contribution >= 0.6 is 0 Å². The van der Waals surface area contributed by atoms with Gasteiger partial charge in [-0.1, -0.05) is 19.1 Å². The standard InChI is InChI=1S/C12H20N2O2S/c1-4-12(13)10-6-5-7-11(8-10)17(15,16)14-9(2)3/h5-9,12,14H,4,13H2,1-3H3. The van der Waals surface area contributed by atoms with Crippen LogP contribution < -0.4 is 10.5 Å². The molecule has 96 valence electrons. The smallest absolute Gasteiger partial charge is 0.240 e. The summed E-state index contributed by atoms with van der Waals surface area (Å²) in [5.41, 5.74) is 6.74. The van der Waals surface area contributed by atoms with Gasteiger partial charge in [-0.05, 0) is 38.0 Å². The maximum atomic E-state index is 12.0. The number of nitrogens with one attached hydrogen (secondary N) is 1. The van der Waals surface area contributed by atoms with E-state index in [1.165, 1.54) is 0 Å². The SMILES string of the molecule is CCC(N)c1cccc(S(=O)(=O)NC(C)C)c1. The molecular formula is C12H20N2O2S. The number of benzene rings is 1. The van der Waals surface area contributed by atoms with Gasteiger partial charge in [0, 0.05) is 12.1 Å². The first kappa shape index (κ1) is 14.2. The molecule has 17 heavy (non-hydrogen) atoms. The number of hydrogen-bond acceptors (Lipinski definition) is 3. The third-order valence-corrected chi connectivity index (χ3v) is 4.08. The highest BCUT2D eigenvalue weighted by molar-refractivity contribution is 7.89. The summed E-state index contributed by atoms with van der Waals surface area (Å²) in [4.78, 5) is 0.271. The Kier molecular flexibility index (Phi) is 4.68. The summed E-state index contributed by atoms with van der Waals surface area (Å²) < 4.78 is 26.5. The van der Waals surface area contributed by atoms with Gasteiger partial charge in [-0.2, -0.15) is 0 Å². The molecule has 0 radical (unpaired) electrons. The molecule has 1 atom stereocenters. The highest BCUT2D eigenvalue weighted by Crippen LogP contribution is 2.18. The summed E-state index contributed by atoms with van der Waals surface area (Å²) in [6, 6.07) is 6.55. The van der Waals surface area contributed by atoms with Gasteiger partial charge in [-0.15, -0.1) is 0 Å². The van der Waals surface area contributed by atoms with E-state index in [0.717, 1.165) is 12.0 Å². The molecule has 0 fully saturated rings. The number of sulfonamides is 1. The van der Waals surface area contributed by atoms with Crippen LogP contribution in [0.25, 0.3) is 0 Å². The van der Waals surface area contributed by atoms with E-state index in [1.54, 1.807) is 32.0 Å². The van der Waals surface area contributed by atoms with Crippen molar-refractivity contribution in [3.05, 3.63) is 29.8 Å². The Bertz CT molecular complexity index is 469. The number of nitrogens with two attached hydrogens (primary N) is 1. The molecule has 0 aliphatic rings. The summed E-state index contributed by atoms with van der Waals surface area (Å²) in [6.45, 7) is 5.55. The molecule has 0 aliphatic carbocycles. The molecule has 0 spiro atoms. The lowest BCUT2D eigenvalue weighted by Crippen LogP contribution is -2.30.